The average molecular weight is 302 g/mol. The van der Waals surface area contributed by atoms with Crippen LogP contribution in [-0.2, 0) is 16.6 Å². The second kappa shape index (κ2) is 6.55. The molecule has 0 saturated heterocycles. The van der Waals surface area contributed by atoms with Crippen molar-refractivity contribution in [1.29, 1.82) is 0 Å². The Balaban J connectivity index is 2.18. The van der Waals surface area contributed by atoms with Crippen LogP contribution in [0.3, 0.4) is 0 Å². The van der Waals surface area contributed by atoms with Crippen LogP contribution in [-0.4, -0.2) is 38.9 Å². The molecule has 1 amide bonds. The summed E-state index contributed by atoms with van der Waals surface area (Å²) in [6.07, 6.45) is 5.50. The van der Waals surface area contributed by atoms with Gasteiger partial charge in [0.1, 0.15) is 17.7 Å². The van der Waals surface area contributed by atoms with Gasteiger partial charge in [-0.1, -0.05) is 20.8 Å². The SMILES string of the molecule is CNC(=O)[C@H](Cc1cnc[nH]1)Nc1ccnc(C(C)(C)C)n1. The molecule has 1 atom stereocenters. The molecule has 0 spiro atoms. The third-order valence-corrected chi connectivity index (χ3v) is 3.19. The molecule has 2 rings (SSSR count). The van der Waals surface area contributed by atoms with Crippen molar-refractivity contribution >= 4 is 11.7 Å². The van der Waals surface area contributed by atoms with E-state index in [1.807, 2.05) is 20.8 Å². The van der Waals surface area contributed by atoms with Crippen molar-refractivity contribution in [3.8, 4) is 0 Å². The van der Waals surface area contributed by atoms with E-state index in [0.29, 0.717) is 12.2 Å². The van der Waals surface area contributed by atoms with E-state index in [1.54, 1.807) is 31.8 Å². The van der Waals surface area contributed by atoms with Crippen molar-refractivity contribution in [2.24, 2.45) is 0 Å². The minimum absolute atomic E-state index is 0.106. The molecule has 0 unspecified atom stereocenters. The Hall–Kier alpha value is -2.44. The van der Waals surface area contributed by atoms with E-state index in [0.717, 1.165) is 11.5 Å². The van der Waals surface area contributed by atoms with Gasteiger partial charge in [0, 0.05) is 37.0 Å². The first-order chi connectivity index (χ1) is 10.4. The molecule has 0 fully saturated rings. The van der Waals surface area contributed by atoms with E-state index < -0.39 is 6.04 Å². The van der Waals surface area contributed by atoms with Gasteiger partial charge in [0.15, 0.2) is 0 Å². The number of nitrogens with zero attached hydrogens (tertiary/aromatic N) is 3. The number of nitrogens with one attached hydrogen (secondary N) is 3. The molecule has 2 heterocycles. The number of H-pyrrole nitrogens is 1. The molecule has 0 radical (unpaired) electrons. The molecular formula is C15H22N6O. The van der Waals surface area contributed by atoms with E-state index in [2.05, 4.69) is 30.6 Å². The van der Waals surface area contributed by atoms with Gasteiger partial charge in [-0.3, -0.25) is 4.79 Å². The Labute approximate surface area is 130 Å². The first-order valence-electron chi connectivity index (χ1n) is 7.19. The summed E-state index contributed by atoms with van der Waals surface area (Å²) in [4.78, 5) is 27.8. The normalized spacial score (nSPS) is 12.7. The van der Waals surface area contributed by atoms with Crippen LogP contribution in [0.5, 0.6) is 0 Å². The number of hydrogen-bond acceptors (Lipinski definition) is 5. The summed E-state index contributed by atoms with van der Waals surface area (Å²) in [5, 5.41) is 5.83. The molecule has 2 aromatic rings. The largest absolute Gasteiger partial charge is 0.358 e. The number of imidazole rings is 1. The van der Waals surface area contributed by atoms with Crippen LogP contribution in [0.25, 0.3) is 0 Å². The Kier molecular flexibility index (Phi) is 4.75. The minimum atomic E-state index is -0.437. The fourth-order valence-corrected chi connectivity index (χ4v) is 1.98. The molecule has 3 N–H and O–H groups in total. The van der Waals surface area contributed by atoms with Crippen molar-refractivity contribution < 1.29 is 4.79 Å². The number of rotatable bonds is 5. The lowest BCUT2D eigenvalue weighted by Gasteiger charge is -2.20. The van der Waals surface area contributed by atoms with E-state index in [9.17, 15) is 4.79 Å². The standard InChI is InChI=1S/C15H22N6O/c1-15(2,3)14-18-6-5-12(21-14)20-11(13(22)16-4)7-10-8-17-9-19-10/h5-6,8-9,11H,7H2,1-4H3,(H,16,22)(H,17,19)(H,18,20,21)/t11-/m0/s1. The lowest BCUT2D eigenvalue weighted by atomic mass is 9.96. The van der Waals surface area contributed by atoms with Gasteiger partial charge in [0.2, 0.25) is 5.91 Å². The van der Waals surface area contributed by atoms with Crippen molar-refractivity contribution in [3.05, 3.63) is 36.3 Å². The molecule has 2 aromatic heterocycles. The predicted octanol–water partition coefficient (Wildman–Crippen LogP) is 1.27. The van der Waals surface area contributed by atoms with Crippen LogP contribution >= 0.6 is 0 Å². The summed E-state index contributed by atoms with van der Waals surface area (Å²) in [6.45, 7) is 6.15. The Bertz CT molecular complexity index is 617. The van der Waals surface area contributed by atoms with Crippen molar-refractivity contribution in [2.45, 2.75) is 38.6 Å². The Morgan fingerprint density at radius 3 is 2.77 bits per heavy atom. The molecule has 7 heteroatoms. The van der Waals surface area contributed by atoms with Gasteiger partial charge in [-0.2, -0.15) is 0 Å². The maximum atomic E-state index is 12.1. The molecular weight excluding hydrogens is 280 g/mol. The highest BCUT2D eigenvalue weighted by molar-refractivity contribution is 5.84. The zero-order chi connectivity index (χ0) is 16.2. The first kappa shape index (κ1) is 15.9. The lowest BCUT2D eigenvalue weighted by molar-refractivity contribution is -0.121. The van der Waals surface area contributed by atoms with Gasteiger partial charge < -0.3 is 15.6 Å². The minimum Gasteiger partial charge on any atom is -0.358 e. The monoisotopic (exact) mass is 302 g/mol. The van der Waals surface area contributed by atoms with Crippen LogP contribution in [0.2, 0.25) is 0 Å². The van der Waals surface area contributed by atoms with E-state index in [-0.39, 0.29) is 11.3 Å². The smallest absolute Gasteiger partial charge is 0.242 e. The van der Waals surface area contributed by atoms with Crippen molar-refractivity contribution in [3.63, 3.8) is 0 Å². The third kappa shape index (κ3) is 4.03. The highest BCUT2D eigenvalue weighted by atomic mass is 16.2. The third-order valence-electron chi connectivity index (χ3n) is 3.19. The number of anilines is 1. The lowest BCUT2D eigenvalue weighted by Crippen LogP contribution is -2.39. The molecule has 0 bridgehead atoms. The quantitative estimate of drug-likeness (QED) is 0.773. The van der Waals surface area contributed by atoms with Gasteiger partial charge in [0.05, 0.1) is 6.33 Å². The molecule has 0 aromatic carbocycles. The van der Waals surface area contributed by atoms with Crippen LogP contribution in [0.4, 0.5) is 5.82 Å². The highest BCUT2D eigenvalue weighted by Gasteiger charge is 2.21. The van der Waals surface area contributed by atoms with Gasteiger partial charge in [0.25, 0.3) is 0 Å². The van der Waals surface area contributed by atoms with Gasteiger partial charge in [-0.15, -0.1) is 0 Å². The number of likely N-dealkylation sites (N-methyl/N-ethyl adjacent to an activating group) is 1. The maximum absolute atomic E-state index is 12.1. The molecule has 0 aliphatic rings. The predicted molar refractivity (Wildman–Crippen MR) is 84.5 cm³/mol. The summed E-state index contributed by atoms with van der Waals surface area (Å²) in [5.74, 6) is 1.26. The average Bonchev–Trinajstić information content (AvgIpc) is 2.98. The first-order valence-corrected chi connectivity index (χ1v) is 7.19. The number of amides is 1. The van der Waals surface area contributed by atoms with Crippen molar-refractivity contribution in [2.75, 3.05) is 12.4 Å². The van der Waals surface area contributed by atoms with Gasteiger partial charge in [-0.05, 0) is 6.07 Å². The van der Waals surface area contributed by atoms with E-state index >= 15 is 0 Å². The summed E-state index contributed by atoms with van der Waals surface area (Å²) in [5.41, 5.74) is 0.732. The van der Waals surface area contributed by atoms with Crippen molar-refractivity contribution in [1.82, 2.24) is 25.3 Å². The zero-order valence-corrected chi connectivity index (χ0v) is 13.3. The van der Waals surface area contributed by atoms with Crippen LogP contribution < -0.4 is 10.6 Å². The van der Waals surface area contributed by atoms with Crippen LogP contribution in [0.15, 0.2) is 24.8 Å². The number of aromatic amines is 1. The summed E-state index contributed by atoms with van der Waals surface area (Å²) >= 11 is 0. The van der Waals surface area contributed by atoms with E-state index in [4.69, 9.17) is 0 Å². The molecule has 0 aliphatic heterocycles. The van der Waals surface area contributed by atoms with Crippen LogP contribution in [0.1, 0.15) is 32.3 Å². The molecule has 0 saturated carbocycles. The molecule has 0 aliphatic carbocycles. The highest BCUT2D eigenvalue weighted by Crippen LogP contribution is 2.19. The van der Waals surface area contributed by atoms with Crippen LogP contribution in [0, 0.1) is 0 Å². The van der Waals surface area contributed by atoms with E-state index in [1.165, 1.54) is 0 Å². The number of hydrogen-bond donors (Lipinski definition) is 3. The maximum Gasteiger partial charge on any atom is 0.242 e. The summed E-state index contributed by atoms with van der Waals surface area (Å²) < 4.78 is 0. The zero-order valence-electron chi connectivity index (χ0n) is 13.3. The summed E-state index contributed by atoms with van der Waals surface area (Å²) in [6, 6.07) is 1.33. The fourth-order valence-electron chi connectivity index (χ4n) is 1.98. The Morgan fingerprint density at radius 1 is 1.41 bits per heavy atom. The second-order valence-electron chi connectivity index (χ2n) is 6.11. The molecule has 118 valence electrons. The molecule has 7 nitrogen and oxygen atoms in total. The molecule has 22 heavy (non-hydrogen) atoms. The second-order valence-corrected chi connectivity index (χ2v) is 6.11. The number of carbonyl (C=O) groups is 1. The van der Waals surface area contributed by atoms with Gasteiger partial charge in [-0.25, -0.2) is 15.0 Å². The van der Waals surface area contributed by atoms with Gasteiger partial charge >= 0.3 is 0 Å². The fraction of sp³-hybridized carbons (Fsp3) is 0.467. The Morgan fingerprint density at radius 2 is 2.18 bits per heavy atom. The number of aromatic nitrogens is 4. The topological polar surface area (TPSA) is 95.6 Å². The summed E-state index contributed by atoms with van der Waals surface area (Å²) in [7, 11) is 1.62. The number of carbonyl (C=O) groups excluding carboxylic acids is 1.